The van der Waals surface area contributed by atoms with Crippen molar-refractivity contribution >= 4 is 28.9 Å². The van der Waals surface area contributed by atoms with Gasteiger partial charge in [-0.3, -0.25) is 9.59 Å². The first kappa shape index (κ1) is 31.9. The van der Waals surface area contributed by atoms with Crippen LogP contribution in [0, 0.1) is 0 Å². The second kappa shape index (κ2) is 16.0. The molecule has 0 spiro atoms. The maximum atomic E-state index is 13.6. The summed E-state index contributed by atoms with van der Waals surface area (Å²) in [5, 5.41) is 6.13. The van der Waals surface area contributed by atoms with Crippen LogP contribution in [-0.2, 0) is 6.42 Å². The maximum Gasteiger partial charge on any atom is 0.255 e. The minimum absolute atomic E-state index is 0.134. The fourth-order valence-corrected chi connectivity index (χ4v) is 5.52. The Bertz CT molecular complexity index is 1330. The number of anilines is 3. The highest BCUT2D eigenvalue weighted by molar-refractivity contribution is 6.06. The van der Waals surface area contributed by atoms with E-state index in [1.54, 1.807) is 7.11 Å². The number of ether oxygens (including phenoxy) is 1. The van der Waals surface area contributed by atoms with E-state index in [1.165, 1.54) is 5.56 Å². The van der Waals surface area contributed by atoms with Crippen molar-refractivity contribution in [3.8, 4) is 5.75 Å². The molecule has 230 valence electrons. The topological polar surface area (TPSA) is 77.1 Å². The molecule has 2 amide bonds. The van der Waals surface area contributed by atoms with Crippen LogP contribution in [0.25, 0.3) is 0 Å². The first-order valence-electron chi connectivity index (χ1n) is 15.6. The Labute approximate surface area is 257 Å². The zero-order valence-electron chi connectivity index (χ0n) is 26.2. The average molecular weight is 586 g/mol. The number of likely N-dealkylation sites (N-methyl/N-ethyl adjacent to an activating group) is 1. The first-order valence-corrected chi connectivity index (χ1v) is 15.6. The third-order valence-electron chi connectivity index (χ3n) is 8.19. The lowest BCUT2D eigenvalue weighted by molar-refractivity contribution is 0.0948. The number of unbranched alkanes of at least 4 members (excludes halogenated alkanes) is 1. The second-order valence-corrected chi connectivity index (χ2v) is 10.9. The predicted octanol–water partition coefficient (Wildman–Crippen LogP) is 5.69. The number of carbonyl (C=O) groups excluding carboxylic acids is 2. The van der Waals surface area contributed by atoms with E-state index < -0.39 is 0 Å². The SMILES string of the molecule is CCCCc1ccc(C(=O)Nc2ccc(N3CCN(c4ccccc4OC)CC3)c(C(=O)NCCN(CC)CC)c2)cc1. The van der Waals surface area contributed by atoms with Crippen LogP contribution in [-0.4, -0.2) is 76.2 Å². The third-order valence-corrected chi connectivity index (χ3v) is 8.19. The minimum atomic E-state index is -0.187. The molecule has 43 heavy (non-hydrogen) atoms. The Morgan fingerprint density at radius 1 is 0.837 bits per heavy atom. The van der Waals surface area contributed by atoms with Gasteiger partial charge in [-0.05, 0) is 74.0 Å². The zero-order chi connectivity index (χ0) is 30.6. The van der Waals surface area contributed by atoms with Crippen LogP contribution >= 0.6 is 0 Å². The molecule has 0 aliphatic carbocycles. The van der Waals surface area contributed by atoms with Crippen molar-refractivity contribution in [2.45, 2.75) is 40.0 Å². The average Bonchev–Trinajstić information content (AvgIpc) is 3.06. The van der Waals surface area contributed by atoms with Crippen LogP contribution in [0.5, 0.6) is 5.75 Å². The second-order valence-electron chi connectivity index (χ2n) is 10.9. The highest BCUT2D eigenvalue weighted by Gasteiger charge is 2.24. The summed E-state index contributed by atoms with van der Waals surface area (Å²) in [6.45, 7) is 12.8. The molecule has 4 rings (SSSR count). The number of piperazine rings is 1. The van der Waals surface area contributed by atoms with E-state index in [1.807, 2.05) is 60.7 Å². The van der Waals surface area contributed by atoms with E-state index in [4.69, 9.17) is 4.74 Å². The Hall–Kier alpha value is -4.04. The number of benzene rings is 3. The number of para-hydroxylation sites is 2. The summed E-state index contributed by atoms with van der Waals surface area (Å²) in [5.74, 6) is 0.540. The number of amides is 2. The largest absolute Gasteiger partial charge is 0.495 e. The van der Waals surface area contributed by atoms with Crippen LogP contribution in [0.4, 0.5) is 17.1 Å². The zero-order valence-corrected chi connectivity index (χ0v) is 26.2. The summed E-state index contributed by atoms with van der Waals surface area (Å²) >= 11 is 0. The third kappa shape index (κ3) is 8.51. The molecule has 0 aromatic heterocycles. The molecule has 3 aromatic rings. The summed E-state index contributed by atoms with van der Waals surface area (Å²) in [6.07, 6.45) is 3.29. The van der Waals surface area contributed by atoms with Gasteiger partial charge < -0.3 is 30.1 Å². The molecule has 3 aromatic carbocycles. The molecule has 8 heteroatoms. The summed E-state index contributed by atoms with van der Waals surface area (Å²) in [7, 11) is 1.70. The van der Waals surface area contributed by atoms with Crippen LogP contribution in [0.15, 0.2) is 66.7 Å². The van der Waals surface area contributed by atoms with Gasteiger partial charge in [0.05, 0.1) is 18.4 Å². The summed E-state index contributed by atoms with van der Waals surface area (Å²) in [5.41, 5.74) is 4.95. The number of carbonyl (C=O) groups is 2. The smallest absolute Gasteiger partial charge is 0.255 e. The van der Waals surface area contributed by atoms with Gasteiger partial charge in [-0.15, -0.1) is 0 Å². The molecule has 0 atom stereocenters. The lowest BCUT2D eigenvalue weighted by Crippen LogP contribution is -2.47. The van der Waals surface area contributed by atoms with Gasteiger partial charge in [-0.25, -0.2) is 0 Å². The van der Waals surface area contributed by atoms with E-state index in [2.05, 4.69) is 52.2 Å². The molecular formula is C35H47N5O3. The fraction of sp³-hybridized carbons (Fsp3) is 0.429. The molecule has 1 fully saturated rings. The van der Waals surface area contributed by atoms with E-state index in [-0.39, 0.29) is 11.8 Å². The number of aryl methyl sites for hydroxylation is 1. The van der Waals surface area contributed by atoms with Gasteiger partial charge in [0.2, 0.25) is 0 Å². The maximum absolute atomic E-state index is 13.6. The number of hydrogen-bond acceptors (Lipinski definition) is 6. The van der Waals surface area contributed by atoms with Crippen LogP contribution in [0.1, 0.15) is 59.9 Å². The van der Waals surface area contributed by atoms with Gasteiger partial charge in [0.1, 0.15) is 5.75 Å². The van der Waals surface area contributed by atoms with E-state index in [0.29, 0.717) is 23.4 Å². The van der Waals surface area contributed by atoms with Gasteiger partial charge in [-0.2, -0.15) is 0 Å². The van der Waals surface area contributed by atoms with Crippen molar-refractivity contribution in [2.75, 3.05) is 74.6 Å². The first-order chi connectivity index (χ1) is 21.0. The van der Waals surface area contributed by atoms with Crippen molar-refractivity contribution in [2.24, 2.45) is 0 Å². The molecule has 8 nitrogen and oxygen atoms in total. The van der Waals surface area contributed by atoms with Crippen LogP contribution in [0.2, 0.25) is 0 Å². The molecule has 1 aliphatic heterocycles. The molecule has 0 bridgehead atoms. The fourth-order valence-electron chi connectivity index (χ4n) is 5.52. The van der Waals surface area contributed by atoms with Crippen molar-refractivity contribution in [3.63, 3.8) is 0 Å². The number of hydrogen-bond donors (Lipinski definition) is 2. The quantitative estimate of drug-likeness (QED) is 0.253. The standard InChI is InChI=1S/C35H47N5O3/c1-5-8-11-27-14-16-28(17-15-27)34(41)37-29-18-19-31(30(26-29)35(42)36-20-21-38(6-2)7-3)39-22-24-40(25-23-39)32-12-9-10-13-33(32)43-4/h9-10,12-19,26H,5-8,11,20-25H2,1-4H3,(H,36,42)(H,37,41). The number of rotatable bonds is 14. The van der Waals surface area contributed by atoms with E-state index in [9.17, 15) is 9.59 Å². The summed E-state index contributed by atoms with van der Waals surface area (Å²) < 4.78 is 5.58. The monoisotopic (exact) mass is 585 g/mol. The molecule has 1 heterocycles. The van der Waals surface area contributed by atoms with Gasteiger partial charge in [-0.1, -0.05) is 51.5 Å². The summed E-state index contributed by atoms with van der Waals surface area (Å²) in [4.78, 5) is 33.5. The van der Waals surface area contributed by atoms with Crippen LogP contribution in [0.3, 0.4) is 0 Å². The van der Waals surface area contributed by atoms with Crippen molar-refractivity contribution in [1.29, 1.82) is 0 Å². The number of nitrogens with one attached hydrogen (secondary N) is 2. The molecule has 0 unspecified atom stereocenters. The molecule has 1 saturated heterocycles. The molecule has 0 radical (unpaired) electrons. The molecular weight excluding hydrogens is 538 g/mol. The van der Waals surface area contributed by atoms with Gasteiger partial charge in [0, 0.05) is 56.2 Å². The Morgan fingerprint density at radius 3 is 2.16 bits per heavy atom. The normalized spacial score (nSPS) is 13.2. The molecule has 2 N–H and O–H groups in total. The van der Waals surface area contributed by atoms with Crippen molar-refractivity contribution in [3.05, 3.63) is 83.4 Å². The lowest BCUT2D eigenvalue weighted by Gasteiger charge is -2.38. The Morgan fingerprint density at radius 2 is 1.51 bits per heavy atom. The number of methoxy groups -OCH3 is 1. The van der Waals surface area contributed by atoms with E-state index >= 15 is 0 Å². The molecule has 1 aliphatic rings. The highest BCUT2D eigenvalue weighted by Crippen LogP contribution is 2.31. The van der Waals surface area contributed by atoms with Crippen molar-refractivity contribution < 1.29 is 14.3 Å². The van der Waals surface area contributed by atoms with Gasteiger partial charge in [0.15, 0.2) is 0 Å². The summed E-state index contributed by atoms with van der Waals surface area (Å²) in [6, 6.07) is 21.5. The van der Waals surface area contributed by atoms with Gasteiger partial charge in [0.25, 0.3) is 11.8 Å². The Kier molecular flexibility index (Phi) is 11.9. The van der Waals surface area contributed by atoms with Crippen LogP contribution < -0.4 is 25.2 Å². The molecule has 0 saturated carbocycles. The minimum Gasteiger partial charge on any atom is -0.495 e. The van der Waals surface area contributed by atoms with Gasteiger partial charge >= 0.3 is 0 Å². The Balaban J connectivity index is 1.50. The highest BCUT2D eigenvalue weighted by atomic mass is 16.5. The predicted molar refractivity (Wildman–Crippen MR) is 177 cm³/mol. The lowest BCUT2D eigenvalue weighted by atomic mass is 10.1. The van der Waals surface area contributed by atoms with Crippen molar-refractivity contribution in [1.82, 2.24) is 10.2 Å². The van der Waals surface area contributed by atoms with E-state index in [0.717, 1.165) is 82.2 Å². The number of nitrogens with zero attached hydrogens (tertiary/aromatic N) is 3.